The van der Waals surface area contributed by atoms with E-state index in [1.165, 1.54) is 141 Å². The van der Waals surface area contributed by atoms with Crippen molar-refractivity contribution >= 4 is 17.9 Å². The highest BCUT2D eigenvalue weighted by atomic mass is 16.6. The minimum atomic E-state index is -0.796. The molecular formula is C63H108O6. The molecule has 0 radical (unpaired) electrons. The molecule has 0 amide bonds. The second-order valence-electron chi connectivity index (χ2n) is 19.2. The third-order valence-electron chi connectivity index (χ3n) is 12.4. The Morgan fingerprint density at radius 3 is 0.884 bits per heavy atom. The molecule has 0 rings (SSSR count). The predicted molar refractivity (Wildman–Crippen MR) is 297 cm³/mol. The van der Waals surface area contributed by atoms with Crippen LogP contribution in [0.25, 0.3) is 0 Å². The lowest BCUT2D eigenvalue weighted by atomic mass is 10.0. The molecule has 0 aromatic rings. The Morgan fingerprint density at radius 1 is 0.304 bits per heavy atom. The van der Waals surface area contributed by atoms with E-state index in [9.17, 15) is 14.4 Å². The van der Waals surface area contributed by atoms with E-state index >= 15 is 0 Å². The van der Waals surface area contributed by atoms with Gasteiger partial charge in [0.15, 0.2) is 6.10 Å². The van der Waals surface area contributed by atoms with Crippen molar-refractivity contribution < 1.29 is 28.6 Å². The molecule has 0 saturated heterocycles. The second kappa shape index (κ2) is 57.2. The third kappa shape index (κ3) is 55.4. The number of esters is 3. The van der Waals surface area contributed by atoms with E-state index < -0.39 is 6.10 Å². The van der Waals surface area contributed by atoms with Gasteiger partial charge in [-0.25, -0.2) is 0 Å². The van der Waals surface area contributed by atoms with Crippen LogP contribution in [-0.2, 0) is 28.6 Å². The summed E-state index contributed by atoms with van der Waals surface area (Å²) in [5.41, 5.74) is 0. The molecule has 6 heteroatoms. The lowest BCUT2D eigenvalue weighted by Gasteiger charge is -2.18. The van der Waals surface area contributed by atoms with Crippen molar-refractivity contribution in [2.45, 2.75) is 284 Å². The van der Waals surface area contributed by atoms with Gasteiger partial charge in [-0.3, -0.25) is 14.4 Å². The first-order valence-corrected chi connectivity index (χ1v) is 29.1. The summed E-state index contributed by atoms with van der Waals surface area (Å²) < 4.78 is 16.8. The Bertz CT molecular complexity index is 1330. The van der Waals surface area contributed by atoms with Gasteiger partial charge in [0, 0.05) is 19.3 Å². The molecule has 0 saturated carbocycles. The summed E-state index contributed by atoms with van der Waals surface area (Å²) in [4.78, 5) is 38.1. The molecule has 0 aliphatic carbocycles. The summed E-state index contributed by atoms with van der Waals surface area (Å²) in [6.45, 7) is 6.49. The van der Waals surface area contributed by atoms with Crippen LogP contribution in [0, 0.1) is 0 Å². The Balaban J connectivity index is 4.39. The van der Waals surface area contributed by atoms with Crippen LogP contribution in [0.3, 0.4) is 0 Å². The van der Waals surface area contributed by atoms with Gasteiger partial charge in [-0.05, 0) is 70.6 Å². The first-order valence-electron chi connectivity index (χ1n) is 29.1. The largest absolute Gasteiger partial charge is 0.462 e. The number of hydrogen-bond donors (Lipinski definition) is 0. The molecule has 396 valence electrons. The zero-order valence-corrected chi connectivity index (χ0v) is 45.3. The van der Waals surface area contributed by atoms with Crippen molar-refractivity contribution in [2.24, 2.45) is 0 Å². The van der Waals surface area contributed by atoms with E-state index in [1.54, 1.807) is 0 Å². The average molecular weight is 962 g/mol. The van der Waals surface area contributed by atoms with Gasteiger partial charge < -0.3 is 14.2 Å². The van der Waals surface area contributed by atoms with Crippen molar-refractivity contribution in [2.75, 3.05) is 13.2 Å². The number of ether oxygens (including phenoxy) is 3. The standard InChI is InChI=1S/C63H108O6/c1-4-7-10-13-16-19-22-24-26-28-30-31-32-33-34-36-37-39-41-44-47-50-53-56-62(65)68-59-60(58-67-61(64)55-52-49-46-43-21-18-15-12-9-6-3)69-63(66)57-54-51-48-45-42-40-38-35-29-27-25-23-20-17-14-11-8-5-2/h7,10,16,19,24,26,30-31,33-34,37,39,44,47,60H,4-6,8-9,11-15,17-18,20-23,25,27-29,32,35-36,38,40-43,45-46,48-59H2,1-3H3/b10-7-,19-16-,26-24-,31-30-,34-33-,39-37-,47-44-. The third-order valence-corrected chi connectivity index (χ3v) is 12.4. The van der Waals surface area contributed by atoms with E-state index in [-0.39, 0.29) is 37.5 Å². The van der Waals surface area contributed by atoms with Gasteiger partial charge in [-0.2, -0.15) is 0 Å². The quantitative estimate of drug-likeness (QED) is 0.0262. The van der Waals surface area contributed by atoms with Gasteiger partial charge in [0.1, 0.15) is 13.2 Å². The minimum absolute atomic E-state index is 0.0912. The highest BCUT2D eigenvalue weighted by Crippen LogP contribution is 2.16. The van der Waals surface area contributed by atoms with E-state index in [4.69, 9.17) is 14.2 Å². The molecule has 0 aromatic heterocycles. The number of carbonyl (C=O) groups excluding carboxylic acids is 3. The van der Waals surface area contributed by atoms with E-state index in [0.29, 0.717) is 19.3 Å². The van der Waals surface area contributed by atoms with Crippen molar-refractivity contribution in [1.82, 2.24) is 0 Å². The summed E-state index contributed by atoms with van der Waals surface area (Å²) in [5, 5.41) is 0. The van der Waals surface area contributed by atoms with Crippen LogP contribution in [0.4, 0.5) is 0 Å². The smallest absolute Gasteiger partial charge is 0.306 e. The first kappa shape index (κ1) is 65.6. The van der Waals surface area contributed by atoms with Crippen molar-refractivity contribution in [3.8, 4) is 0 Å². The van der Waals surface area contributed by atoms with Crippen molar-refractivity contribution in [3.05, 3.63) is 85.1 Å². The SMILES string of the molecule is CC/C=C\C/C=C\C/C=C\C/C=C\C/C=C\C/C=C\C/C=C\CCCC(=O)OCC(COC(=O)CCCCCCCCCCCC)OC(=O)CCCCCCCCCCCCCCCCCCCC. The number of unbranched alkanes of at least 4 members (excludes halogenated alkanes) is 27. The fourth-order valence-electron chi connectivity index (χ4n) is 8.08. The fraction of sp³-hybridized carbons (Fsp3) is 0.730. The van der Waals surface area contributed by atoms with Gasteiger partial charge >= 0.3 is 17.9 Å². The highest BCUT2D eigenvalue weighted by molar-refractivity contribution is 5.71. The van der Waals surface area contributed by atoms with Crippen molar-refractivity contribution in [1.29, 1.82) is 0 Å². The Hall–Kier alpha value is -3.41. The van der Waals surface area contributed by atoms with Gasteiger partial charge in [-0.1, -0.05) is 273 Å². The molecule has 1 unspecified atom stereocenters. The highest BCUT2D eigenvalue weighted by Gasteiger charge is 2.19. The monoisotopic (exact) mass is 961 g/mol. The van der Waals surface area contributed by atoms with Crippen molar-refractivity contribution in [3.63, 3.8) is 0 Å². The van der Waals surface area contributed by atoms with Gasteiger partial charge in [0.2, 0.25) is 0 Å². The number of hydrogen-bond acceptors (Lipinski definition) is 6. The summed E-state index contributed by atoms with van der Waals surface area (Å²) in [6.07, 6.45) is 74.4. The second-order valence-corrected chi connectivity index (χ2v) is 19.2. The van der Waals surface area contributed by atoms with Gasteiger partial charge in [0.05, 0.1) is 0 Å². The lowest BCUT2D eigenvalue weighted by Crippen LogP contribution is -2.30. The molecular weight excluding hydrogens is 853 g/mol. The van der Waals surface area contributed by atoms with Crippen LogP contribution < -0.4 is 0 Å². The minimum Gasteiger partial charge on any atom is -0.462 e. The molecule has 0 aliphatic rings. The maximum absolute atomic E-state index is 12.8. The van der Waals surface area contributed by atoms with Crippen LogP contribution >= 0.6 is 0 Å². The summed E-state index contributed by atoms with van der Waals surface area (Å²) in [7, 11) is 0. The normalized spacial score (nSPS) is 12.7. The zero-order valence-electron chi connectivity index (χ0n) is 45.3. The van der Waals surface area contributed by atoms with Gasteiger partial charge in [0.25, 0.3) is 0 Å². The molecule has 0 heterocycles. The Kier molecular flexibility index (Phi) is 54.3. The van der Waals surface area contributed by atoms with Crippen LogP contribution in [0.15, 0.2) is 85.1 Å². The molecule has 0 aliphatic heterocycles. The first-order chi connectivity index (χ1) is 34.0. The number of carbonyl (C=O) groups is 3. The van der Waals surface area contributed by atoms with Crippen LogP contribution in [0.5, 0.6) is 0 Å². The maximum atomic E-state index is 12.8. The van der Waals surface area contributed by atoms with E-state index in [0.717, 1.165) is 89.9 Å². The molecule has 0 aromatic carbocycles. The van der Waals surface area contributed by atoms with Gasteiger partial charge in [-0.15, -0.1) is 0 Å². The number of allylic oxidation sites excluding steroid dienone is 14. The number of rotatable bonds is 52. The maximum Gasteiger partial charge on any atom is 0.306 e. The van der Waals surface area contributed by atoms with E-state index in [1.807, 2.05) is 0 Å². The predicted octanol–water partition coefficient (Wildman–Crippen LogP) is 19.5. The van der Waals surface area contributed by atoms with Crippen LogP contribution in [-0.4, -0.2) is 37.2 Å². The molecule has 0 fully saturated rings. The van der Waals surface area contributed by atoms with E-state index in [2.05, 4.69) is 106 Å². The topological polar surface area (TPSA) is 78.9 Å². The molecule has 0 N–H and O–H groups in total. The summed E-state index contributed by atoms with van der Waals surface area (Å²) in [6, 6.07) is 0. The molecule has 1 atom stereocenters. The fourth-order valence-corrected chi connectivity index (χ4v) is 8.08. The molecule has 0 spiro atoms. The Morgan fingerprint density at radius 2 is 0.565 bits per heavy atom. The molecule has 6 nitrogen and oxygen atoms in total. The van der Waals surface area contributed by atoms with Crippen LogP contribution in [0.1, 0.15) is 278 Å². The average Bonchev–Trinajstić information content (AvgIpc) is 3.35. The Labute approximate surface area is 426 Å². The summed E-state index contributed by atoms with van der Waals surface area (Å²) in [5.74, 6) is -0.946. The molecule has 0 bridgehead atoms. The molecule has 69 heavy (non-hydrogen) atoms. The zero-order chi connectivity index (χ0) is 50.0. The summed E-state index contributed by atoms with van der Waals surface area (Å²) >= 11 is 0. The van der Waals surface area contributed by atoms with Crippen LogP contribution in [0.2, 0.25) is 0 Å². The lowest BCUT2D eigenvalue weighted by molar-refractivity contribution is -0.167.